The summed E-state index contributed by atoms with van der Waals surface area (Å²) < 4.78 is 9.43. The molecule has 8 aromatic carbocycles. The van der Waals surface area contributed by atoms with Gasteiger partial charge in [-0.3, -0.25) is 0 Å². The first-order valence-corrected chi connectivity index (χ1v) is 19.6. The molecule has 9 aromatic rings. The molecular weight excluding hydrogens is 689 g/mol. The van der Waals surface area contributed by atoms with Gasteiger partial charge in [0.2, 0.25) is 0 Å². The van der Waals surface area contributed by atoms with Crippen molar-refractivity contribution in [2.75, 3.05) is 0 Å². The largest absolute Gasteiger partial charge is 0.457 e. The molecule has 1 aromatic heterocycles. The third kappa shape index (κ3) is 4.34. The molecule has 0 fully saturated rings. The van der Waals surface area contributed by atoms with Crippen LogP contribution in [0.15, 0.2) is 187 Å². The van der Waals surface area contributed by atoms with Gasteiger partial charge in [-0.15, -0.1) is 11.3 Å². The summed E-state index contributed by atoms with van der Waals surface area (Å²) in [5.74, 6) is 2.64. The minimum atomic E-state index is -0.583. The number of thiophene rings is 1. The maximum atomic E-state index is 6.82. The Morgan fingerprint density at radius 2 is 1.24 bits per heavy atom. The Bertz CT molecular complexity index is 3070. The van der Waals surface area contributed by atoms with Gasteiger partial charge in [0.15, 0.2) is 0 Å². The molecule has 2 unspecified atom stereocenters. The van der Waals surface area contributed by atoms with Gasteiger partial charge >= 0.3 is 0 Å². The zero-order valence-electron chi connectivity index (χ0n) is 29.7. The van der Waals surface area contributed by atoms with E-state index in [1.54, 1.807) is 0 Å². The number of nitrogens with one attached hydrogen (secondary N) is 1. The van der Waals surface area contributed by atoms with Crippen LogP contribution in [0.5, 0.6) is 11.5 Å². The summed E-state index contributed by atoms with van der Waals surface area (Å²) in [4.78, 5) is 5.39. The lowest BCUT2D eigenvalue weighted by atomic mass is 9.66. The van der Waals surface area contributed by atoms with Crippen LogP contribution in [-0.4, -0.2) is 5.84 Å². The van der Waals surface area contributed by atoms with E-state index in [1.165, 1.54) is 59.1 Å². The summed E-state index contributed by atoms with van der Waals surface area (Å²) >= 11 is 1.86. The first kappa shape index (κ1) is 30.7. The van der Waals surface area contributed by atoms with Crippen molar-refractivity contribution in [3.05, 3.63) is 221 Å². The number of ether oxygens (including phenoxy) is 1. The van der Waals surface area contributed by atoms with Crippen molar-refractivity contribution < 1.29 is 4.74 Å². The van der Waals surface area contributed by atoms with E-state index in [1.807, 2.05) is 11.3 Å². The standard InChI is InChI=1S/C51H32N2OS/c1-2-13-31(14-3-1)32-26-28-41-45(29-32)54-44-23-10-8-20-40(44)51(41)39-19-7-4-16-36(39)48-38(18-12-21-42(48)51)50-52-43-22-9-5-17-37(43)49(53-50)33-25-27-35-34-15-6-11-24-46(34)55-47(35)30-33/h1-30,49H,(H,52,53). The quantitative estimate of drug-likeness (QED) is 0.197. The fourth-order valence-corrected chi connectivity index (χ4v) is 10.6. The highest BCUT2D eigenvalue weighted by Gasteiger charge is 2.52. The van der Waals surface area contributed by atoms with Gasteiger partial charge in [0.25, 0.3) is 0 Å². The van der Waals surface area contributed by atoms with E-state index in [2.05, 4.69) is 187 Å². The molecule has 0 bridgehead atoms. The fourth-order valence-electron chi connectivity index (χ4n) is 9.49. The Morgan fingerprint density at radius 1 is 0.509 bits per heavy atom. The highest BCUT2D eigenvalue weighted by atomic mass is 32.1. The molecule has 258 valence electrons. The van der Waals surface area contributed by atoms with E-state index < -0.39 is 5.41 Å². The Kier molecular flexibility index (Phi) is 6.48. The first-order chi connectivity index (χ1) is 27.3. The molecule has 1 aliphatic carbocycles. The Labute approximate surface area is 322 Å². The number of amidine groups is 1. The average molecular weight is 721 g/mol. The molecule has 3 nitrogen and oxygen atoms in total. The number of hydrogen-bond donors (Lipinski definition) is 1. The van der Waals surface area contributed by atoms with Crippen molar-refractivity contribution in [1.82, 2.24) is 5.32 Å². The van der Waals surface area contributed by atoms with Gasteiger partial charge in [0, 0.05) is 42.4 Å². The fraction of sp³-hybridized carbons (Fsp3) is 0.0392. The molecule has 12 rings (SSSR count). The molecule has 2 aliphatic heterocycles. The first-order valence-electron chi connectivity index (χ1n) is 18.8. The number of fused-ring (bicyclic) bond motifs is 13. The molecule has 3 heterocycles. The topological polar surface area (TPSA) is 33.6 Å². The van der Waals surface area contributed by atoms with Gasteiger partial charge in [0.1, 0.15) is 17.3 Å². The lowest BCUT2D eigenvalue weighted by Gasteiger charge is -2.39. The predicted octanol–water partition coefficient (Wildman–Crippen LogP) is 13.0. The predicted molar refractivity (Wildman–Crippen MR) is 226 cm³/mol. The van der Waals surface area contributed by atoms with E-state index in [0.717, 1.165) is 45.3 Å². The number of aliphatic imine (C=N–C) groups is 1. The van der Waals surface area contributed by atoms with E-state index >= 15 is 0 Å². The molecule has 0 amide bonds. The third-order valence-electron chi connectivity index (χ3n) is 11.8. The smallest absolute Gasteiger partial charge is 0.135 e. The highest BCUT2D eigenvalue weighted by molar-refractivity contribution is 7.25. The molecule has 3 aliphatic rings. The van der Waals surface area contributed by atoms with Crippen LogP contribution in [0.3, 0.4) is 0 Å². The summed E-state index contributed by atoms with van der Waals surface area (Å²) in [6, 6.07) is 65.7. The van der Waals surface area contributed by atoms with Crippen molar-refractivity contribution in [2.45, 2.75) is 11.5 Å². The second kappa shape index (κ2) is 11.6. The van der Waals surface area contributed by atoms with E-state index in [0.29, 0.717) is 0 Å². The molecule has 0 radical (unpaired) electrons. The van der Waals surface area contributed by atoms with Crippen LogP contribution in [0.25, 0.3) is 42.4 Å². The second-order valence-electron chi connectivity index (χ2n) is 14.6. The average Bonchev–Trinajstić information content (AvgIpc) is 3.77. The maximum Gasteiger partial charge on any atom is 0.135 e. The molecule has 0 saturated heterocycles. The summed E-state index contributed by atoms with van der Waals surface area (Å²) in [5.41, 5.74) is 13.4. The molecule has 4 heteroatoms. The Hall–Kier alpha value is -6.75. The van der Waals surface area contributed by atoms with Gasteiger partial charge < -0.3 is 10.1 Å². The Morgan fingerprint density at radius 3 is 2.18 bits per heavy atom. The van der Waals surface area contributed by atoms with Crippen molar-refractivity contribution in [1.29, 1.82) is 0 Å². The van der Waals surface area contributed by atoms with Gasteiger partial charge in [-0.1, -0.05) is 152 Å². The third-order valence-corrected chi connectivity index (χ3v) is 13.0. The second-order valence-corrected chi connectivity index (χ2v) is 15.7. The monoisotopic (exact) mass is 720 g/mol. The molecular formula is C51H32N2OS. The van der Waals surface area contributed by atoms with Crippen LogP contribution in [0.4, 0.5) is 5.69 Å². The molecule has 1 N–H and O–H groups in total. The number of rotatable bonds is 3. The van der Waals surface area contributed by atoms with Crippen LogP contribution < -0.4 is 10.1 Å². The lowest BCUT2D eigenvalue weighted by Crippen LogP contribution is -2.34. The van der Waals surface area contributed by atoms with Crippen molar-refractivity contribution in [3.63, 3.8) is 0 Å². The highest BCUT2D eigenvalue weighted by Crippen LogP contribution is 2.63. The minimum Gasteiger partial charge on any atom is -0.457 e. The van der Waals surface area contributed by atoms with E-state index in [4.69, 9.17) is 9.73 Å². The SMILES string of the molecule is c1ccc(-c2ccc3c(c2)Oc2ccccc2C32c3ccccc3-c3c(C4=Nc5ccccc5C(c5ccc6c(c5)sc5ccccc56)N4)cccc32)cc1. The Balaban J connectivity index is 1.07. The summed E-state index contributed by atoms with van der Waals surface area (Å²) in [5, 5.41) is 6.60. The van der Waals surface area contributed by atoms with Gasteiger partial charge in [-0.25, -0.2) is 4.99 Å². The minimum absolute atomic E-state index is 0.0688. The van der Waals surface area contributed by atoms with E-state index in [9.17, 15) is 0 Å². The summed E-state index contributed by atoms with van der Waals surface area (Å²) in [7, 11) is 0. The number of nitrogens with zero attached hydrogens (tertiary/aromatic N) is 1. The van der Waals surface area contributed by atoms with Crippen LogP contribution in [0, 0.1) is 0 Å². The lowest BCUT2D eigenvalue weighted by molar-refractivity contribution is 0.436. The van der Waals surface area contributed by atoms with Crippen LogP contribution >= 0.6 is 11.3 Å². The van der Waals surface area contributed by atoms with Crippen molar-refractivity contribution in [2.24, 2.45) is 4.99 Å². The number of para-hydroxylation sites is 2. The molecule has 1 spiro atoms. The van der Waals surface area contributed by atoms with Gasteiger partial charge in [0.05, 0.1) is 17.1 Å². The van der Waals surface area contributed by atoms with Crippen LogP contribution in [-0.2, 0) is 5.41 Å². The van der Waals surface area contributed by atoms with Gasteiger partial charge in [-0.2, -0.15) is 0 Å². The zero-order valence-corrected chi connectivity index (χ0v) is 30.5. The molecule has 55 heavy (non-hydrogen) atoms. The molecule has 0 saturated carbocycles. The molecule has 2 atom stereocenters. The normalized spacial score (nSPS) is 17.4. The zero-order chi connectivity index (χ0) is 36.1. The van der Waals surface area contributed by atoms with Crippen molar-refractivity contribution >= 4 is 43.0 Å². The summed E-state index contributed by atoms with van der Waals surface area (Å²) in [6.45, 7) is 0. The van der Waals surface area contributed by atoms with Crippen molar-refractivity contribution in [3.8, 4) is 33.8 Å². The maximum absolute atomic E-state index is 6.82. The number of hydrogen-bond acceptors (Lipinski definition) is 4. The van der Waals surface area contributed by atoms with E-state index in [-0.39, 0.29) is 6.04 Å². The van der Waals surface area contributed by atoms with Gasteiger partial charge in [-0.05, 0) is 69.3 Å². The number of benzene rings is 8. The van der Waals surface area contributed by atoms with Crippen LogP contribution in [0.1, 0.15) is 45.0 Å². The summed E-state index contributed by atoms with van der Waals surface area (Å²) in [6.07, 6.45) is 0. The van der Waals surface area contributed by atoms with Crippen LogP contribution in [0.2, 0.25) is 0 Å².